The van der Waals surface area contributed by atoms with Crippen molar-refractivity contribution in [2.45, 2.75) is 51.6 Å². The number of aromatic hydroxyl groups is 1. The maximum absolute atomic E-state index is 10.4. The van der Waals surface area contributed by atoms with E-state index in [0.29, 0.717) is 11.7 Å². The van der Waals surface area contributed by atoms with Gasteiger partial charge in [0.1, 0.15) is 5.75 Å². The second kappa shape index (κ2) is 4.24. The molecule has 2 N–H and O–H groups in total. The second-order valence-corrected chi connectivity index (χ2v) is 7.62. The monoisotopic (exact) mass is 272 g/mol. The standard InChI is InChI=1S/C18H24O2/c1-18-10-14-6-11-2-4-16(19)9-13(11)7-12(14)8-15(18)3-5-17(18)20/h2,4,9,12,14-15,17,19-20H,3,5-8,10H2,1H3/t12-,14-,15+,17+,18+/m1/s1. The smallest absolute Gasteiger partial charge is 0.115 e. The van der Waals surface area contributed by atoms with Crippen LogP contribution in [0.5, 0.6) is 5.75 Å². The predicted octanol–water partition coefficient (Wildman–Crippen LogP) is 3.29. The number of hydrogen-bond acceptors (Lipinski definition) is 2. The van der Waals surface area contributed by atoms with Gasteiger partial charge in [-0.1, -0.05) is 13.0 Å². The number of hydrogen-bond donors (Lipinski definition) is 2. The van der Waals surface area contributed by atoms with E-state index >= 15 is 0 Å². The zero-order valence-corrected chi connectivity index (χ0v) is 12.2. The first-order valence-electron chi connectivity index (χ1n) is 8.05. The molecule has 2 fully saturated rings. The zero-order chi connectivity index (χ0) is 13.9. The number of aliphatic hydroxyl groups is 1. The van der Waals surface area contributed by atoms with Crippen molar-refractivity contribution in [2.75, 3.05) is 0 Å². The number of rotatable bonds is 0. The Morgan fingerprint density at radius 1 is 1.10 bits per heavy atom. The van der Waals surface area contributed by atoms with Crippen molar-refractivity contribution in [3.05, 3.63) is 29.3 Å². The molecule has 3 aliphatic rings. The molecule has 2 nitrogen and oxygen atoms in total. The molecule has 3 aliphatic carbocycles. The highest BCUT2D eigenvalue weighted by molar-refractivity contribution is 5.37. The predicted molar refractivity (Wildman–Crippen MR) is 78.6 cm³/mol. The number of phenolic OH excluding ortho intramolecular Hbond substituents is 1. The number of fused-ring (bicyclic) bond motifs is 3. The SMILES string of the molecule is C[C@]12C[C@H]3Cc4ccc(O)cc4C[C@@H]3C[C@@H]1CC[C@@H]2O. The van der Waals surface area contributed by atoms with Gasteiger partial charge >= 0.3 is 0 Å². The lowest BCUT2D eigenvalue weighted by Crippen LogP contribution is -2.44. The van der Waals surface area contributed by atoms with E-state index in [9.17, 15) is 10.2 Å². The highest BCUT2D eigenvalue weighted by Crippen LogP contribution is 2.57. The molecule has 0 radical (unpaired) electrons. The minimum absolute atomic E-state index is 0.0883. The Morgan fingerprint density at radius 3 is 2.75 bits per heavy atom. The fourth-order valence-electron chi connectivity index (χ4n) is 5.33. The van der Waals surface area contributed by atoms with Crippen LogP contribution in [0.25, 0.3) is 0 Å². The average Bonchev–Trinajstić information content (AvgIpc) is 2.70. The molecule has 1 aromatic carbocycles. The third-order valence-electron chi connectivity index (χ3n) is 6.59. The number of benzene rings is 1. The van der Waals surface area contributed by atoms with Crippen LogP contribution in [0.2, 0.25) is 0 Å². The van der Waals surface area contributed by atoms with Crippen molar-refractivity contribution in [1.29, 1.82) is 0 Å². The van der Waals surface area contributed by atoms with E-state index in [1.807, 2.05) is 12.1 Å². The Bertz CT molecular complexity index is 538. The van der Waals surface area contributed by atoms with Gasteiger partial charge in [-0.05, 0) is 85.0 Å². The fraction of sp³-hybridized carbons (Fsp3) is 0.667. The summed E-state index contributed by atoms with van der Waals surface area (Å²) in [5, 5.41) is 20.0. The minimum atomic E-state index is -0.0883. The van der Waals surface area contributed by atoms with Crippen LogP contribution in [-0.4, -0.2) is 16.3 Å². The van der Waals surface area contributed by atoms with Crippen LogP contribution in [-0.2, 0) is 12.8 Å². The molecule has 5 atom stereocenters. The first kappa shape index (κ1) is 12.7. The lowest BCUT2D eigenvalue weighted by atomic mass is 9.57. The quantitative estimate of drug-likeness (QED) is 0.761. The number of aliphatic hydroxyl groups excluding tert-OH is 1. The Balaban J connectivity index is 1.64. The van der Waals surface area contributed by atoms with Crippen molar-refractivity contribution >= 4 is 0 Å². The maximum Gasteiger partial charge on any atom is 0.115 e. The molecule has 2 saturated carbocycles. The lowest BCUT2D eigenvalue weighted by molar-refractivity contribution is -0.0288. The molecule has 0 spiro atoms. The zero-order valence-electron chi connectivity index (χ0n) is 12.2. The van der Waals surface area contributed by atoms with Crippen molar-refractivity contribution in [3.8, 4) is 5.75 Å². The molecular weight excluding hydrogens is 248 g/mol. The average molecular weight is 272 g/mol. The Labute approximate surface area is 120 Å². The first-order chi connectivity index (χ1) is 9.56. The van der Waals surface area contributed by atoms with Crippen LogP contribution in [0.15, 0.2) is 18.2 Å². The van der Waals surface area contributed by atoms with E-state index in [4.69, 9.17) is 0 Å². The molecule has 0 unspecified atom stereocenters. The summed E-state index contributed by atoms with van der Waals surface area (Å²) >= 11 is 0. The van der Waals surface area contributed by atoms with Crippen molar-refractivity contribution in [2.24, 2.45) is 23.2 Å². The molecule has 2 heteroatoms. The van der Waals surface area contributed by atoms with Crippen LogP contribution >= 0.6 is 0 Å². The van der Waals surface area contributed by atoms with E-state index in [2.05, 4.69) is 13.0 Å². The highest BCUT2D eigenvalue weighted by Gasteiger charge is 2.52. The van der Waals surface area contributed by atoms with E-state index < -0.39 is 0 Å². The Morgan fingerprint density at radius 2 is 1.90 bits per heavy atom. The van der Waals surface area contributed by atoms with Gasteiger partial charge in [-0.3, -0.25) is 0 Å². The molecule has 20 heavy (non-hydrogen) atoms. The third-order valence-corrected chi connectivity index (χ3v) is 6.59. The first-order valence-corrected chi connectivity index (χ1v) is 8.05. The van der Waals surface area contributed by atoms with Gasteiger partial charge < -0.3 is 10.2 Å². The summed E-state index contributed by atoms with van der Waals surface area (Å²) in [7, 11) is 0. The highest BCUT2D eigenvalue weighted by atomic mass is 16.3. The van der Waals surface area contributed by atoms with Gasteiger partial charge in [-0.2, -0.15) is 0 Å². The van der Waals surface area contributed by atoms with Gasteiger partial charge in [0.25, 0.3) is 0 Å². The Hall–Kier alpha value is -1.02. The molecule has 0 amide bonds. The van der Waals surface area contributed by atoms with E-state index in [-0.39, 0.29) is 11.5 Å². The summed E-state index contributed by atoms with van der Waals surface area (Å²) < 4.78 is 0. The van der Waals surface area contributed by atoms with Crippen molar-refractivity contribution in [1.82, 2.24) is 0 Å². The molecule has 4 rings (SSSR count). The molecule has 0 aliphatic heterocycles. The van der Waals surface area contributed by atoms with E-state index in [1.165, 1.54) is 30.4 Å². The summed E-state index contributed by atoms with van der Waals surface area (Å²) in [6.07, 6.45) is 6.82. The van der Waals surface area contributed by atoms with Gasteiger partial charge in [0, 0.05) is 0 Å². The van der Waals surface area contributed by atoms with Crippen molar-refractivity contribution in [3.63, 3.8) is 0 Å². The van der Waals surface area contributed by atoms with E-state index in [0.717, 1.165) is 31.1 Å². The van der Waals surface area contributed by atoms with Crippen LogP contribution in [0.4, 0.5) is 0 Å². The van der Waals surface area contributed by atoms with Crippen LogP contribution in [0, 0.1) is 23.2 Å². The van der Waals surface area contributed by atoms with Gasteiger partial charge in [0.15, 0.2) is 0 Å². The number of phenols is 1. The van der Waals surface area contributed by atoms with Crippen molar-refractivity contribution < 1.29 is 10.2 Å². The third kappa shape index (κ3) is 1.74. The molecule has 0 saturated heterocycles. The van der Waals surface area contributed by atoms with Gasteiger partial charge in [-0.15, -0.1) is 0 Å². The van der Waals surface area contributed by atoms with Crippen LogP contribution in [0.1, 0.15) is 43.7 Å². The molecule has 0 aromatic heterocycles. The lowest BCUT2D eigenvalue weighted by Gasteiger charge is -2.48. The summed E-state index contributed by atoms with van der Waals surface area (Å²) in [5.74, 6) is 2.59. The summed E-state index contributed by atoms with van der Waals surface area (Å²) in [4.78, 5) is 0. The topological polar surface area (TPSA) is 40.5 Å². The summed E-state index contributed by atoms with van der Waals surface area (Å²) in [5.41, 5.74) is 2.93. The molecule has 1 aromatic rings. The molecular formula is C18H24O2. The van der Waals surface area contributed by atoms with Gasteiger partial charge in [-0.25, -0.2) is 0 Å². The summed E-state index contributed by atoms with van der Waals surface area (Å²) in [6.45, 7) is 2.32. The van der Waals surface area contributed by atoms with Gasteiger partial charge in [0.05, 0.1) is 6.10 Å². The maximum atomic E-state index is 10.4. The molecule has 0 heterocycles. The molecule has 108 valence electrons. The van der Waals surface area contributed by atoms with Crippen LogP contribution < -0.4 is 0 Å². The minimum Gasteiger partial charge on any atom is -0.508 e. The van der Waals surface area contributed by atoms with Crippen LogP contribution in [0.3, 0.4) is 0 Å². The normalized spacial score (nSPS) is 42.7. The van der Waals surface area contributed by atoms with E-state index in [1.54, 1.807) is 0 Å². The Kier molecular flexibility index (Phi) is 2.69. The second-order valence-electron chi connectivity index (χ2n) is 7.62. The summed E-state index contributed by atoms with van der Waals surface area (Å²) in [6, 6.07) is 5.88. The fourth-order valence-corrected chi connectivity index (χ4v) is 5.33. The molecule has 0 bridgehead atoms. The largest absolute Gasteiger partial charge is 0.508 e. The van der Waals surface area contributed by atoms with Gasteiger partial charge in [0.2, 0.25) is 0 Å².